The van der Waals surface area contributed by atoms with Gasteiger partial charge < -0.3 is 5.32 Å². The van der Waals surface area contributed by atoms with Gasteiger partial charge in [-0.1, -0.05) is 6.07 Å². The van der Waals surface area contributed by atoms with Crippen molar-refractivity contribution in [2.24, 2.45) is 0 Å². The van der Waals surface area contributed by atoms with Crippen LogP contribution in [0.3, 0.4) is 0 Å². The van der Waals surface area contributed by atoms with Gasteiger partial charge in [0.25, 0.3) is 11.4 Å². The molecule has 9 nitrogen and oxygen atoms in total. The third-order valence-electron chi connectivity index (χ3n) is 3.45. The zero-order valence-corrected chi connectivity index (χ0v) is 14.9. The van der Waals surface area contributed by atoms with Crippen LogP contribution in [0, 0.1) is 27.2 Å². The molecule has 0 heterocycles. The van der Waals surface area contributed by atoms with Crippen molar-refractivity contribution in [3.8, 4) is 0 Å². The first-order valence-corrected chi connectivity index (χ1v) is 7.96. The third-order valence-corrected chi connectivity index (χ3v) is 3.65. The Labute approximate surface area is 159 Å². The topological polar surface area (TPSA) is 127 Å². The number of benzene rings is 2. The Morgan fingerprint density at radius 2 is 1.63 bits per heavy atom. The van der Waals surface area contributed by atoms with Gasteiger partial charge in [0.15, 0.2) is 5.11 Å². The Balaban J connectivity index is 1.97. The van der Waals surface area contributed by atoms with E-state index in [4.69, 9.17) is 12.2 Å². The lowest BCUT2D eigenvalue weighted by Gasteiger charge is -2.10. The van der Waals surface area contributed by atoms with E-state index in [1.54, 1.807) is 13.0 Å². The molecule has 0 atom stereocenters. The molecule has 0 unspecified atom stereocenters. The number of non-ortho nitro benzene ring substituents is 2. The highest BCUT2D eigenvalue weighted by Gasteiger charge is 2.10. The number of hydrogen-bond acceptors (Lipinski definition) is 6. The van der Waals surface area contributed by atoms with E-state index in [-0.39, 0.29) is 16.5 Å². The average molecular weight is 386 g/mol. The number of carbonyl (C=O) groups is 1. The number of aryl methyl sites for hydroxylation is 1. The molecule has 138 valence electrons. The Bertz CT molecular complexity index is 941. The Hall–Kier alpha value is -3.66. The van der Waals surface area contributed by atoms with Crippen LogP contribution < -0.4 is 10.6 Å². The molecule has 1 amide bonds. The minimum atomic E-state index is -0.529. The highest BCUT2D eigenvalue weighted by molar-refractivity contribution is 7.80. The molecule has 2 rings (SSSR count). The van der Waals surface area contributed by atoms with Crippen LogP contribution in [0.2, 0.25) is 0 Å². The lowest BCUT2D eigenvalue weighted by atomic mass is 10.2. The first-order valence-electron chi connectivity index (χ1n) is 7.56. The Kier molecular flexibility index (Phi) is 6.28. The smallest absolute Gasteiger partial charge is 0.271 e. The summed E-state index contributed by atoms with van der Waals surface area (Å²) in [5.74, 6) is -0.520. The number of nitro benzene ring substituents is 2. The molecule has 27 heavy (non-hydrogen) atoms. The standard InChI is InChI=1S/C17H14N4O5S/c1-11-2-6-14(21(25)26)10-15(11)18-17(27)19-16(22)9-5-12-3-7-13(8-4-12)20(23)24/h2-10H,1H3,(H2,18,19,22,27)/b9-5+. The van der Waals surface area contributed by atoms with E-state index in [9.17, 15) is 25.0 Å². The summed E-state index contributed by atoms with van der Waals surface area (Å²) in [7, 11) is 0. The summed E-state index contributed by atoms with van der Waals surface area (Å²) >= 11 is 5.04. The Morgan fingerprint density at radius 3 is 2.22 bits per heavy atom. The van der Waals surface area contributed by atoms with Gasteiger partial charge in [-0.05, 0) is 48.5 Å². The molecule has 0 saturated carbocycles. The zero-order chi connectivity index (χ0) is 20.0. The highest BCUT2D eigenvalue weighted by atomic mass is 32.1. The summed E-state index contributed by atoms with van der Waals surface area (Å²) in [6.45, 7) is 1.74. The van der Waals surface area contributed by atoms with Crippen molar-refractivity contribution in [3.63, 3.8) is 0 Å². The maximum absolute atomic E-state index is 11.9. The summed E-state index contributed by atoms with van der Waals surface area (Å²) in [6, 6.07) is 9.93. The lowest BCUT2D eigenvalue weighted by molar-refractivity contribution is -0.385. The number of hydrogen-bond donors (Lipinski definition) is 2. The van der Waals surface area contributed by atoms with Crippen molar-refractivity contribution in [1.82, 2.24) is 5.32 Å². The quantitative estimate of drug-likeness (QED) is 0.349. The van der Waals surface area contributed by atoms with Crippen molar-refractivity contribution >= 4 is 46.4 Å². The molecule has 0 aliphatic carbocycles. The van der Waals surface area contributed by atoms with Gasteiger partial charge >= 0.3 is 0 Å². The summed E-state index contributed by atoms with van der Waals surface area (Å²) in [4.78, 5) is 32.3. The SMILES string of the molecule is Cc1ccc([N+](=O)[O-])cc1NC(=S)NC(=O)/C=C/c1ccc([N+](=O)[O-])cc1. The normalized spacial score (nSPS) is 10.4. The predicted octanol–water partition coefficient (Wildman–Crippen LogP) is 3.34. The van der Waals surface area contributed by atoms with E-state index in [0.29, 0.717) is 11.3 Å². The summed E-state index contributed by atoms with van der Waals surface area (Å²) < 4.78 is 0. The van der Waals surface area contributed by atoms with Gasteiger partial charge in [-0.15, -0.1) is 0 Å². The summed E-state index contributed by atoms with van der Waals surface area (Å²) in [6.07, 6.45) is 2.69. The molecule has 0 spiro atoms. The first kappa shape index (κ1) is 19.7. The molecule has 0 aromatic heterocycles. The van der Waals surface area contributed by atoms with Crippen LogP contribution >= 0.6 is 12.2 Å². The van der Waals surface area contributed by atoms with Crippen LogP contribution in [0.25, 0.3) is 6.08 Å². The lowest BCUT2D eigenvalue weighted by Crippen LogP contribution is -2.33. The summed E-state index contributed by atoms with van der Waals surface area (Å²) in [5, 5.41) is 26.6. The largest absolute Gasteiger partial charge is 0.332 e. The maximum Gasteiger partial charge on any atom is 0.271 e. The van der Waals surface area contributed by atoms with E-state index in [1.165, 1.54) is 48.6 Å². The number of nitrogens with one attached hydrogen (secondary N) is 2. The molecule has 0 saturated heterocycles. The number of amides is 1. The zero-order valence-electron chi connectivity index (χ0n) is 14.0. The third kappa shape index (κ3) is 5.68. The molecule has 0 radical (unpaired) electrons. The molecule has 0 fully saturated rings. The predicted molar refractivity (Wildman–Crippen MR) is 104 cm³/mol. The van der Waals surface area contributed by atoms with Crippen LogP contribution in [-0.2, 0) is 4.79 Å². The number of nitrogens with zero attached hydrogens (tertiary/aromatic N) is 2. The van der Waals surface area contributed by atoms with Gasteiger partial charge in [-0.3, -0.25) is 30.3 Å². The first-order chi connectivity index (χ1) is 12.8. The molecular formula is C17H14N4O5S. The summed E-state index contributed by atoms with van der Waals surface area (Å²) in [5.41, 5.74) is 1.58. The second-order valence-electron chi connectivity index (χ2n) is 5.38. The second-order valence-corrected chi connectivity index (χ2v) is 5.79. The van der Waals surface area contributed by atoms with Gasteiger partial charge in [0.2, 0.25) is 5.91 Å². The highest BCUT2D eigenvalue weighted by Crippen LogP contribution is 2.21. The molecule has 0 bridgehead atoms. The van der Waals surface area contributed by atoms with E-state index < -0.39 is 15.8 Å². The molecule has 0 aliphatic heterocycles. The molecule has 2 N–H and O–H groups in total. The van der Waals surface area contributed by atoms with Crippen LogP contribution in [0.4, 0.5) is 17.1 Å². The van der Waals surface area contributed by atoms with Crippen molar-refractivity contribution in [2.75, 3.05) is 5.32 Å². The van der Waals surface area contributed by atoms with Gasteiger partial charge in [0, 0.05) is 36.0 Å². The number of anilines is 1. The van der Waals surface area contributed by atoms with Crippen molar-refractivity contribution in [3.05, 3.63) is 79.9 Å². The fourth-order valence-corrected chi connectivity index (χ4v) is 2.25. The van der Waals surface area contributed by atoms with Gasteiger partial charge in [0.05, 0.1) is 9.85 Å². The fraction of sp³-hybridized carbons (Fsp3) is 0.0588. The van der Waals surface area contributed by atoms with Crippen LogP contribution in [-0.4, -0.2) is 20.9 Å². The maximum atomic E-state index is 11.9. The molecule has 0 aliphatic rings. The monoisotopic (exact) mass is 386 g/mol. The van der Waals surface area contributed by atoms with Gasteiger partial charge in [-0.2, -0.15) is 0 Å². The van der Waals surface area contributed by atoms with Gasteiger partial charge in [0.1, 0.15) is 0 Å². The van der Waals surface area contributed by atoms with E-state index in [1.807, 2.05) is 0 Å². The molecule has 2 aromatic rings. The van der Waals surface area contributed by atoms with Crippen molar-refractivity contribution < 1.29 is 14.6 Å². The molecular weight excluding hydrogens is 372 g/mol. The van der Waals surface area contributed by atoms with Crippen LogP contribution in [0.1, 0.15) is 11.1 Å². The van der Waals surface area contributed by atoms with E-state index in [2.05, 4.69) is 10.6 Å². The Morgan fingerprint density at radius 1 is 1.04 bits per heavy atom. The molecule has 10 heteroatoms. The molecule has 2 aromatic carbocycles. The van der Waals surface area contributed by atoms with Crippen LogP contribution in [0.5, 0.6) is 0 Å². The van der Waals surface area contributed by atoms with Gasteiger partial charge in [-0.25, -0.2) is 0 Å². The second kappa shape index (κ2) is 8.63. The minimum absolute atomic E-state index is 0.0167. The number of thiocarbonyl (C=S) groups is 1. The van der Waals surface area contributed by atoms with E-state index >= 15 is 0 Å². The number of carbonyl (C=O) groups excluding carboxylic acids is 1. The van der Waals surface area contributed by atoms with E-state index in [0.717, 1.165) is 5.56 Å². The number of nitro groups is 2. The number of rotatable bonds is 5. The average Bonchev–Trinajstić information content (AvgIpc) is 2.62. The van der Waals surface area contributed by atoms with Crippen molar-refractivity contribution in [2.45, 2.75) is 6.92 Å². The van der Waals surface area contributed by atoms with Crippen LogP contribution in [0.15, 0.2) is 48.5 Å². The fourth-order valence-electron chi connectivity index (χ4n) is 2.04. The minimum Gasteiger partial charge on any atom is -0.332 e. The van der Waals surface area contributed by atoms with Crippen molar-refractivity contribution in [1.29, 1.82) is 0 Å².